The van der Waals surface area contributed by atoms with Gasteiger partial charge in [-0.05, 0) is 93.3 Å². The molecule has 8 heteroatoms. The molecule has 0 unspecified atom stereocenters. The Kier molecular flexibility index (Phi) is 7.75. The number of piperidine rings is 1. The summed E-state index contributed by atoms with van der Waals surface area (Å²) in [5.41, 5.74) is 6.23. The van der Waals surface area contributed by atoms with Crippen molar-refractivity contribution in [3.05, 3.63) is 81.9 Å². The normalized spacial score (nSPS) is 17.9. The molecule has 0 bridgehead atoms. The molecule has 220 valence electrons. The minimum absolute atomic E-state index is 0.0140. The van der Waals surface area contributed by atoms with Crippen molar-refractivity contribution in [1.29, 1.82) is 0 Å². The molecule has 2 aromatic carbocycles. The second-order valence-electron chi connectivity index (χ2n) is 12.2. The quantitative estimate of drug-likeness (QED) is 0.346. The van der Waals surface area contributed by atoms with Crippen LogP contribution in [0.2, 0.25) is 0 Å². The molecule has 0 atom stereocenters. The molecule has 0 radical (unpaired) electrons. The van der Waals surface area contributed by atoms with Crippen molar-refractivity contribution >= 4 is 11.9 Å². The summed E-state index contributed by atoms with van der Waals surface area (Å²) < 4.78 is 20.1. The number of carboxylic acid groups (broad SMARTS) is 1. The molecule has 2 aliphatic heterocycles. The van der Waals surface area contributed by atoms with E-state index in [1.54, 1.807) is 6.92 Å². The van der Waals surface area contributed by atoms with Gasteiger partial charge in [0.05, 0.1) is 28.6 Å². The van der Waals surface area contributed by atoms with Gasteiger partial charge in [0.25, 0.3) is 5.91 Å². The van der Waals surface area contributed by atoms with Crippen molar-refractivity contribution in [1.82, 2.24) is 14.8 Å². The zero-order chi connectivity index (χ0) is 29.5. The lowest BCUT2D eigenvalue weighted by Crippen LogP contribution is -2.50. The van der Waals surface area contributed by atoms with Crippen LogP contribution < -0.4 is 4.74 Å². The van der Waals surface area contributed by atoms with Crippen LogP contribution in [-0.4, -0.2) is 63.5 Å². The third-order valence-electron chi connectivity index (χ3n) is 8.71. The number of aromatic carboxylic acids is 1. The Bertz CT molecular complexity index is 1510. The molecular weight excluding hydrogens is 533 g/mol. The second kappa shape index (κ2) is 11.5. The monoisotopic (exact) mass is 571 g/mol. The maximum atomic E-state index is 13.7. The fourth-order valence-electron chi connectivity index (χ4n) is 6.50. The van der Waals surface area contributed by atoms with Gasteiger partial charge in [0.1, 0.15) is 11.6 Å². The summed E-state index contributed by atoms with van der Waals surface area (Å²) in [6.45, 7) is 8.89. The molecule has 1 N–H and O–H groups in total. The Morgan fingerprint density at radius 2 is 1.79 bits per heavy atom. The van der Waals surface area contributed by atoms with E-state index in [-0.39, 0.29) is 29.4 Å². The smallest absolute Gasteiger partial charge is 0.337 e. The van der Waals surface area contributed by atoms with Gasteiger partial charge in [-0.15, -0.1) is 0 Å². The van der Waals surface area contributed by atoms with Crippen LogP contribution in [0.5, 0.6) is 5.75 Å². The highest BCUT2D eigenvalue weighted by Crippen LogP contribution is 2.48. The second-order valence-corrected chi connectivity index (χ2v) is 12.2. The summed E-state index contributed by atoms with van der Waals surface area (Å²) >= 11 is 0. The Morgan fingerprint density at radius 3 is 2.43 bits per heavy atom. The maximum Gasteiger partial charge on any atom is 0.337 e. The van der Waals surface area contributed by atoms with Gasteiger partial charge in [-0.3, -0.25) is 14.7 Å². The lowest BCUT2D eigenvalue weighted by Gasteiger charge is -2.40. The van der Waals surface area contributed by atoms with Crippen molar-refractivity contribution in [3.63, 3.8) is 0 Å². The van der Waals surface area contributed by atoms with Crippen LogP contribution in [0.1, 0.15) is 88.7 Å². The van der Waals surface area contributed by atoms with Crippen LogP contribution >= 0.6 is 0 Å². The van der Waals surface area contributed by atoms with Crippen molar-refractivity contribution in [2.75, 3.05) is 19.6 Å². The fourth-order valence-corrected chi connectivity index (χ4v) is 6.50. The first-order valence-electron chi connectivity index (χ1n) is 15.0. The van der Waals surface area contributed by atoms with E-state index in [9.17, 15) is 19.1 Å². The van der Waals surface area contributed by atoms with Crippen molar-refractivity contribution < 1.29 is 23.8 Å². The Balaban J connectivity index is 1.18. The van der Waals surface area contributed by atoms with Crippen LogP contribution in [0, 0.1) is 12.7 Å². The number of carboxylic acids is 1. The predicted molar refractivity (Wildman–Crippen MR) is 159 cm³/mol. The molecule has 1 aliphatic carbocycles. The van der Waals surface area contributed by atoms with Gasteiger partial charge in [0, 0.05) is 44.2 Å². The van der Waals surface area contributed by atoms with E-state index in [1.807, 2.05) is 30.9 Å². The Hall–Kier alpha value is -3.78. The van der Waals surface area contributed by atoms with Gasteiger partial charge >= 0.3 is 5.97 Å². The molecule has 1 saturated carbocycles. The maximum absolute atomic E-state index is 13.7. The first kappa shape index (κ1) is 28.3. The average Bonchev–Trinajstić information content (AvgIpc) is 3.79. The number of aromatic nitrogens is 1. The van der Waals surface area contributed by atoms with Crippen LogP contribution in [0.3, 0.4) is 0 Å². The van der Waals surface area contributed by atoms with Gasteiger partial charge in [-0.25, -0.2) is 9.18 Å². The highest BCUT2D eigenvalue weighted by molar-refractivity contribution is 5.99. The number of halogens is 1. The number of carbonyl (C=O) groups is 2. The molecule has 3 heterocycles. The van der Waals surface area contributed by atoms with Crippen LogP contribution in [0.25, 0.3) is 11.1 Å². The highest BCUT2D eigenvalue weighted by Gasteiger charge is 2.34. The first-order chi connectivity index (χ1) is 20.2. The van der Waals surface area contributed by atoms with Crippen molar-refractivity contribution in [2.24, 2.45) is 0 Å². The van der Waals surface area contributed by atoms with E-state index in [2.05, 4.69) is 22.0 Å². The summed E-state index contributed by atoms with van der Waals surface area (Å²) in [5.74, 6) is -0.0549. The first-order valence-corrected chi connectivity index (χ1v) is 15.0. The van der Waals surface area contributed by atoms with Crippen LogP contribution in [0.4, 0.5) is 4.39 Å². The molecule has 2 fully saturated rings. The van der Waals surface area contributed by atoms with E-state index in [0.717, 1.165) is 62.2 Å². The van der Waals surface area contributed by atoms with Gasteiger partial charge in [0.15, 0.2) is 0 Å². The fraction of sp³-hybridized carbons (Fsp3) is 0.441. The zero-order valence-corrected chi connectivity index (χ0v) is 24.5. The number of rotatable bonds is 8. The van der Waals surface area contributed by atoms with Gasteiger partial charge in [-0.1, -0.05) is 18.2 Å². The minimum Gasteiger partial charge on any atom is -0.490 e. The molecule has 1 amide bonds. The topological polar surface area (TPSA) is 83.0 Å². The molecule has 6 rings (SSSR count). The summed E-state index contributed by atoms with van der Waals surface area (Å²) in [6.07, 6.45) is 4.70. The molecule has 7 nitrogen and oxygen atoms in total. The standard InChI is InChI=1S/C34H38FN3O4/c1-20(2)42-31-17-22(16-28(23-4-5-23)32(31)24-6-8-25(35)9-7-24)19-37-13-10-26(11-14-37)38-15-12-30-29(33(38)39)18-27(34(40)41)21(3)36-30/h6-9,16-18,20,23,26H,4-5,10-15,19H2,1-3H3,(H,40,41). The Morgan fingerprint density at radius 1 is 1.07 bits per heavy atom. The number of aryl methyl sites for hydroxylation is 1. The third-order valence-corrected chi connectivity index (χ3v) is 8.71. The molecular formula is C34H38FN3O4. The van der Waals surface area contributed by atoms with E-state index in [0.29, 0.717) is 35.8 Å². The number of benzene rings is 2. The number of fused-ring (bicyclic) bond motifs is 1. The number of amides is 1. The third kappa shape index (κ3) is 5.77. The van der Waals surface area contributed by atoms with E-state index in [1.165, 1.54) is 29.3 Å². The largest absolute Gasteiger partial charge is 0.490 e. The van der Waals surface area contributed by atoms with Crippen LogP contribution in [0.15, 0.2) is 42.5 Å². The molecule has 42 heavy (non-hydrogen) atoms. The van der Waals surface area contributed by atoms with Crippen LogP contribution in [-0.2, 0) is 13.0 Å². The highest BCUT2D eigenvalue weighted by atomic mass is 19.1. The van der Waals surface area contributed by atoms with E-state index in [4.69, 9.17) is 4.74 Å². The average molecular weight is 572 g/mol. The molecule has 3 aromatic rings. The minimum atomic E-state index is -1.06. The number of hydrogen-bond acceptors (Lipinski definition) is 5. The van der Waals surface area contributed by atoms with Gasteiger partial charge < -0.3 is 14.7 Å². The number of hydrogen-bond donors (Lipinski definition) is 1. The molecule has 3 aliphatic rings. The summed E-state index contributed by atoms with van der Waals surface area (Å²) in [5, 5.41) is 9.52. The van der Waals surface area contributed by atoms with E-state index < -0.39 is 5.97 Å². The number of pyridine rings is 1. The van der Waals surface area contributed by atoms with Gasteiger partial charge in [-0.2, -0.15) is 0 Å². The van der Waals surface area contributed by atoms with E-state index >= 15 is 0 Å². The summed E-state index contributed by atoms with van der Waals surface area (Å²) in [4.78, 5) is 33.9. The van der Waals surface area contributed by atoms with Crippen molar-refractivity contribution in [2.45, 2.75) is 77.5 Å². The number of carbonyl (C=O) groups excluding carboxylic acids is 1. The Labute approximate surface area is 246 Å². The summed E-state index contributed by atoms with van der Waals surface area (Å²) in [6, 6.07) is 12.8. The lowest BCUT2D eigenvalue weighted by molar-refractivity contribution is 0.0543. The van der Waals surface area contributed by atoms with Crippen molar-refractivity contribution in [3.8, 4) is 16.9 Å². The van der Waals surface area contributed by atoms with Gasteiger partial charge in [0.2, 0.25) is 0 Å². The molecule has 1 saturated heterocycles. The number of likely N-dealkylation sites (tertiary alicyclic amines) is 1. The predicted octanol–water partition coefficient (Wildman–Crippen LogP) is 6.22. The lowest BCUT2D eigenvalue weighted by atomic mass is 9.92. The molecule has 1 aromatic heterocycles. The SMILES string of the molecule is Cc1nc2c(cc1C(=O)O)C(=O)N(C1CCN(Cc3cc(OC(C)C)c(-c4ccc(F)cc4)c(C4CC4)c3)CC1)CC2. The summed E-state index contributed by atoms with van der Waals surface area (Å²) in [7, 11) is 0. The number of nitrogens with zero attached hydrogens (tertiary/aromatic N) is 3. The zero-order valence-electron chi connectivity index (χ0n) is 24.5. The molecule has 0 spiro atoms. The number of ether oxygens (including phenoxy) is 1.